The second-order valence-corrected chi connectivity index (χ2v) is 7.98. The van der Waals surface area contributed by atoms with Crippen molar-refractivity contribution < 1.29 is 13.2 Å². The second kappa shape index (κ2) is 6.51. The van der Waals surface area contributed by atoms with Crippen molar-refractivity contribution in [3.8, 4) is 0 Å². The molecule has 138 valence electrons. The molecule has 1 amide bonds. The van der Waals surface area contributed by atoms with E-state index >= 15 is 0 Å². The van der Waals surface area contributed by atoms with Gasteiger partial charge in [0.05, 0.1) is 17.4 Å². The first kappa shape index (κ1) is 17.2. The van der Waals surface area contributed by atoms with Crippen LogP contribution >= 0.6 is 0 Å². The molecule has 0 unspecified atom stereocenters. The van der Waals surface area contributed by atoms with Crippen LogP contribution in [-0.4, -0.2) is 29.1 Å². The van der Waals surface area contributed by atoms with E-state index in [1.165, 1.54) is 16.8 Å². The molecule has 0 saturated carbocycles. The van der Waals surface area contributed by atoms with Crippen LogP contribution in [0, 0.1) is 6.92 Å². The average Bonchev–Trinajstić information content (AvgIpc) is 3.03. The Labute approximate surface area is 156 Å². The van der Waals surface area contributed by atoms with Gasteiger partial charge in [0.25, 0.3) is 16.0 Å². The molecule has 3 aromatic rings. The van der Waals surface area contributed by atoms with E-state index in [-0.39, 0.29) is 35.2 Å². The third kappa shape index (κ3) is 3.41. The largest absolute Gasteiger partial charge is 0.295 e. The summed E-state index contributed by atoms with van der Waals surface area (Å²) in [5.74, 6) is -0.0767. The zero-order valence-electron chi connectivity index (χ0n) is 14.5. The molecule has 2 heterocycles. The molecule has 1 atom stereocenters. The molecule has 1 aliphatic rings. The molecule has 4 rings (SSSR count). The van der Waals surface area contributed by atoms with Crippen molar-refractivity contribution in [3.05, 3.63) is 65.7 Å². The highest BCUT2D eigenvalue weighted by atomic mass is 32.2. The molecule has 9 heteroatoms. The quantitative estimate of drug-likeness (QED) is 0.719. The third-order valence-electron chi connectivity index (χ3n) is 4.30. The number of aromatic nitrogens is 3. The zero-order chi connectivity index (χ0) is 19.0. The van der Waals surface area contributed by atoms with Crippen LogP contribution in [-0.2, 0) is 14.8 Å². The topological polar surface area (TPSA) is 106 Å². The Morgan fingerprint density at radius 2 is 1.81 bits per heavy atom. The molecular formula is C18H17N5O3S. The first-order valence-corrected chi connectivity index (χ1v) is 9.81. The van der Waals surface area contributed by atoms with E-state index in [1.807, 2.05) is 37.3 Å². The molecule has 2 aromatic carbocycles. The molecular weight excluding hydrogens is 366 g/mol. The van der Waals surface area contributed by atoms with Crippen LogP contribution in [0.4, 0.5) is 11.9 Å². The van der Waals surface area contributed by atoms with Crippen LogP contribution in [0.5, 0.6) is 0 Å². The number of carbonyl (C=O) groups is 1. The van der Waals surface area contributed by atoms with Crippen molar-refractivity contribution in [3.63, 3.8) is 0 Å². The lowest BCUT2D eigenvalue weighted by Gasteiger charge is -2.23. The van der Waals surface area contributed by atoms with E-state index in [4.69, 9.17) is 0 Å². The van der Waals surface area contributed by atoms with Gasteiger partial charge >= 0.3 is 0 Å². The standard InChI is InChI=1S/C18H17N5O3S/c1-12-7-9-14(10-8-12)27(25,26)22-17-20-18-19-16(24)11-15(23(18)21-17)13-5-3-2-4-6-13/h2-10,15H,11H2,1H3,(H2,19,20,21,22,24)/t15-/m0/s1. The van der Waals surface area contributed by atoms with Crippen LogP contribution in [0.15, 0.2) is 59.5 Å². The summed E-state index contributed by atoms with van der Waals surface area (Å²) in [4.78, 5) is 16.3. The van der Waals surface area contributed by atoms with Crippen molar-refractivity contribution in [2.75, 3.05) is 10.0 Å². The zero-order valence-corrected chi connectivity index (χ0v) is 15.3. The lowest BCUT2D eigenvalue weighted by molar-refractivity contribution is -0.117. The fraction of sp³-hybridized carbons (Fsp3) is 0.167. The lowest BCUT2D eigenvalue weighted by atomic mass is 10.0. The van der Waals surface area contributed by atoms with Crippen LogP contribution in [0.3, 0.4) is 0 Å². The predicted molar refractivity (Wildman–Crippen MR) is 99.8 cm³/mol. The highest BCUT2D eigenvalue weighted by Crippen LogP contribution is 2.30. The minimum atomic E-state index is -3.83. The Balaban J connectivity index is 1.67. The second-order valence-electron chi connectivity index (χ2n) is 6.30. The highest BCUT2D eigenvalue weighted by molar-refractivity contribution is 7.92. The molecule has 1 aliphatic heterocycles. The van der Waals surface area contributed by atoms with Gasteiger partial charge < -0.3 is 0 Å². The highest BCUT2D eigenvalue weighted by Gasteiger charge is 2.30. The molecule has 27 heavy (non-hydrogen) atoms. The third-order valence-corrected chi connectivity index (χ3v) is 5.64. The van der Waals surface area contributed by atoms with Gasteiger partial charge in [0.15, 0.2) is 0 Å². The van der Waals surface area contributed by atoms with Gasteiger partial charge in [-0.05, 0) is 24.6 Å². The van der Waals surface area contributed by atoms with E-state index in [0.29, 0.717) is 0 Å². The van der Waals surface area contributed by atoms with E-state index < -0.39 is 10.0 Å². The maximum atomic E-state index is 12.6. The van der Waals surface area contributed by atoms with Crippen LogP contribution in [0.25, 0.3) is 0 Å². The Bertz CT molecular complexity index is 1090. The number of sulfonamides is 1. The molecule has 8 nitrogen and oxygen atoms in total. The molecule has 0 spiro atoms. The minimum absolute atomic E-state index is 0.0892. The maximum Gasteiger partial charge on any atom is 0.264 e. The first-order valence-electron chi connectivity index (χ1n) is 8.33. The Hall–Kier alpha value is -3.20. The van der Waals surface area contributed by atoms with Gasteiger partial charge in [0, 0.05) is 0 Å². The number of hydrogen-bond donors (Lipinski definition) is 2. The van der Waals surface area contributed by atoms with Crippen molar-refractivity contribution in [2.45, 2.75) is 24.3 Å². The SMILES string of the molecule is Cc1ccc(S(=O)(=O)Nc2nc3n(n2)[C@H](c2ccccc2)CC(=O)N3)cc1. The fourth-order valence-electron chi connectivity index (χ4n) is 2.94. The van der Waals surface area contributed by atoms with Gasteiger partial charge in [-0.15, -0.1) is 5.10 Å². The number of nitrogens with zero attached hydrogens (tertiary/aromatic N) is 3. The summed E-state index contributed by atoms with van der Waals surface area (Å²) in [7, 11) is -3.83. The molecule has 2 N–H and O–H groups in total. The summed E-state index contributed by atoms with van der Waals surface area (Å²) in [5, 5.41) is 6.90. The van der Waals surface area contributed by atoms with Crippen molar-refractivity contribution in [1.82, 2.24) is 14.8 Å². The van der Waals surface area contributed by atoms with Gasteiger partial charge in [-0.3, -0.25) is 10.1 Å². The van der Waals surface area contributed by atoms with Crippen LogP contribution < -0.4 is 10.0 Å². The number of rotatable bonds is 4. The smallest absolute Gasteiger partial charge is 0.264 e. The number of benzene rings is 2. The summed E-state index contributed by atoms with van der Waals surface area (Å²) in [6.45, 7) is 1.88. The van der Waals surface area contributed by atoms with Gasteiger partial charge in [-0.25, -0.2) is 17.8 Å². The molecule has 1 aromatic heterocycles. The number of amides is 1. The molecule has 0 fully saturated rings. The number of fused-ring (bicyclic) bond motifs is 1. The number of hydrogen-bond acceptors (Lipinski definition) is 5. The fourth-order valence-corrected chi connectivity index (χ4v) is 3.88. The van der Waals surface area contributed by atoms with E-state index in [1.54, 1.807) is 12.1 Å². The summed E-state index contributed by atoms with van der Waals surface area (Å²) >= 11 is 0. The minimum Gasteiger partial charge on any atom is -0.295 e. The summed E-state index contributed by atoms with van der Waals surface area (Å²) in [5.41, 5.74) is 1.85. The summed E-state index contributed by atoms with van der Waals surface area (Å²) < 4.78 is 29.0. The van der Waals surface area contributed by atoms with Gasteiger partial charge in [-0.1, -0.05) is 48.0 Å². The van der Waals surface area contributed by atoms with Crippen molar-refractivity contribution >= 4 is 27.8 Å². The van der Waals surface area contributed by atoms with E-state index in [2.05, 4.69) is 20.1 Å². The number of aryl methyl sites for hydroxylation is 1. The average molecular weight is 383 g/mol. The Kier molecular flexibility index (Phi) is 4.15. The maximum absolute atomic E-state index is 12.6. The normalized spacial score (nSPS) is 16.5. The lowest BCUT2D eigenvalue weighted by Crippen LogP contribution is -2.29. The van der Waals surface area contributed by atoms with Crippen molar-refractivity contribution in [2.24, 2.45) is 0 Å². The summed E-state index contributed by atoms with van der Waals surface area (Å²) in [6.07, 6.45) is 0.199. The molecule has 0 aliphatic carbocycles. The van der Waals surface area contributed by atoms with E-state index in [0.717, 1.165) is 11.1 Å². The van der Waals surface area contributed by atoms with Gasteiger partial charge in [-0.2, -0.15) is 4.98 Å². The van der Waals surface area contributed by atoms with E-state index in [9.17, 15) is 13.2 Å². The molecule has 0 radical (unpaired) electrons. The molecule has 0 bridgehead atoms. The Morgan fingerprint density at radius 1 is 1.11 bits per heavy atom. The number of carbonyl (C=O) groups excluding carboxylic acids is 1. The predicted octanol–water partition coefficient (Wildman–Crippen LogP) is 2.32. The van der Waals surface area contributed by atoms with Crippen molar-refractivity contribution in [1.29, 1.82) is 0 Å². The number of anilines is 2. The molecule has 0 saturated heterocycles. The monoisotopic (exact) mass is 383 g/mol. The van der Waals surface area contributed by atoms with Gasteiger partial charge in [0.2, 0.25) is 11.9 Å². The Morgan fingerprint density at radius 3 is 2.52 bits per heavy atom. The number of nitrogens with one attached hydrogen (secondary N) is 2. The van der Waals surface area contributed by atoms with Gasteiger partial charge in [0.1, 0.15) is 0 Å². The van der Waals surface area contributed by atoms with Crippen LogP contribution in [0.1, 0.15) is 23.6 Å². The first-order chi connectivity index (χ1) is 12.9. The summed E-state index contributed by atoms with van der Waals surface area (Å²) in [6, 6.07) is 15.5. The van der Waals surface area contributed by atoms with Crippen LogP contribution in [0.2, 0.25) is 0 Å².